The van der Waals surface area contributed by atoms with Gasteiger partial charge in [0.15, 0.2) is 0 Å². The molecule has 0 bridgehead atoms. The van der Waals surface area contributed by atoms with Gasteiger partial charge < -0.3 is 20.1 Å². The second kappa shape index (κ2) is 8.67. The third kappa shape index (κ3) is 3.90. The van der Waals surface area contributed by atoms with Crippen LogP contribution in [-0.2, 0) is 16.0 Å². The highest BCUT2D eigenvalue weighted by molar-refractivity contribution is 5.85. The summed E-state index contributed by atoms with van der Waals surface area (Å²) in [5.41, 5.74) is 6.02. The number of aromatic amines is 1. The number of aryl methyl sites for hydroxylation is 1. The van der Waals surface area contributed by atoms with Gasteiger partial charge in [-0.15, -0.1) is 0 Å². The van der Waals surface area contributed by atoms with Crippen molar-refractivity contribution in [3.63, 3.8) is 0 Å². The number of carbonyl (C=O) groups is 2. The molecule has 172 valence electrons. The molecular formula is C27H23FN2O4. The number of fused-ring (bicyclic) bond motifs is 4. The van der Waals surface area contributed by atoms with E-state index >= 15 is 0 Å². The zero-order valence-corrected chi connectivity index (χ0v) is 18.5. The van der Waals surface area contributed by atoms with Gasteiger partial charge in [0.25, 0.3) is 0 Å². The van der Waals surface area contributed by atoms with Crippen molar-refractivity contribution >= 4 is 23.0 Å². The van der Waals surface area contributed by atoms with Crippen molar-refractivity contribution < 1.29 is 23.8 Å². The number of carboxylic acids is 1. The van der Waals surface area contributed by atoms with Crippen LogP contribution in [0.25, 0.3) is 22.0 Å². The van der Waals surface area contributed by atoms with Gasteiger partial charge in [-0.3, -0.25) is 0 Å². The van der Waals surface area contributed by atoms with Crippen molar-refractivity contribution in [2.45, 2.75) is 25.3 Å². The summed E-state index contributed by atoms with van der Waals surface area (Å²) in [5, 5.41) is 12.9. The molecule has 0 saturated heterocycles. The number of benzene rings is 3. The number of hydrogen-bond acceptors (Lipinski definition) is 3. The van der Waals surface area contributed by atoms with Crippen molar-refractivity contribution in [2.24, 2.45) is 0 Å². The number of H-pyrrole nitrogens is 1. The maximum absolute atomic E-state index is 13.8. The zero-order valence-electron chi connectivity index (χ0n) is 18.5. The van der Waals surface area contributed by atoms with Crippen LogP contribution < -0.4 is 5.32 Å². The van der Waals surface area contributed by atoms with Crippen LogP contribution in [0.15, 0.2) is 66.7 Å². The average Bonchev–Trinajstić information content (AvgIpc) is 3.39. The van der Waals surface area contributed by atoms with Crippen LogP contribution in [0, 0.1) is 12.7 Å². The molecule has 0 fully saturated rings. The first kappa shape index (κ1) is 21.7. The fourth-order valence-electron chi connectivity index (χ4n) is 4.69. The van der Waals surface area contributed by atoms with E-state index in [1.807, 2.05) is 48.5 Å². The largest absolute Gasteiger partial charge is 0.480 e. The number of alkyl carbamates (subject to hydrolysis) is 1. The second-order valence-electron chi connectivity index (χ2n) is 8.50. The van der Waals surface area contributed by atoms with E-state index in [4.69, 9.17) is 4.74 Å². The van der Waals surface area contributed by atoms with E-state index in [0.717, 1.165) is 27.6 Å². The first-order chi connectivity index (χ1) is 16.4. The van der Waals surface area contributed by atoms with Gasteiger partial charge in [0.2, 0.25) is 0 Å². The fourth-order valence-corrected chi connectivity index (χ4v) is 4.69. The Morgan fingerprint density at radius 1 is 1.06 bits per heavy atom. The molecule has 6 nitrogen and oxygen atoms in total. The summed E-state index contributed by atoms with van der Waals surface area (Å²) in [4.78, 5) is 27.4. The highest BCUT2D eigenvalue weighted by atomic mass is 19.1. The number of hydrogen-bond donors (Lipinski definition) is 3. The van der Waals surface area contributed by atoms with E-state index in [2.05, 4.69) is 10.3 Å². The van der Waals surface area contributed by atoms with Crippen molar-refractivity contribution in [2.75, 3.05) is 6.61 Å². The number of carboxylic acid groups (broad SMARTS) is 1. The minimum atomic E-state index is -1.20. The minimum absolute atomic E-state index is 0.00919. The van der Waals surface area contributed by atoms with E-state index in [0.29, 0.717) is 16.8 Å². The van der Waals surface area contributed by atoms with Gasteiger partial charge in [0, 0.05) is 29.0 Å². The van der Waals surface area contributed by atoms with E-state index in [9.17, 15) is 19.1 Å². The third-order valence-electron chi connectivity index (χ3n) is 6.40. The highest BCUT2D eigenvalue weighted by Crippen LogP contribution is 2.44. The number of aliphatic carboxylic acids is 1. The van der Waals surface area contributed by atoms with Crippen molar-refractivity contribution in [3.05, 3.63) is 94.9 Å². The molecule has 1 heterocycles. The summed E-state index contributed by atoms with van der Waals surface area (Å²) in [6.07, 6.45) is -0.789. The molecule has 7 heteroatoms. The van der Waals surface area contributed by atoms with E-state index in [1.54, 1.807) is 19.1 Å². The van der Waals surface area contributed by atoms with Crippen LogP contribution in [0.5, 0.6) is 0 Å². The lowest BCUT2D eigenvalue weighted by Crippen LogP contribution is -2.43. The molecule has 1 amide bonds. The minimum Gasteiger partial charge on any atom is -0.480 e. The fraction of sp³-hybridized carbons (Fsp3) is 0.185. The van der Waals surface area contributed by atoms with Crippen LogP contribution in [0.3, 0.4) is 0 Å². The monoisotopic (exact) mass is 458 g/mol. The van der Waals surface area contributed by atoms with Crippen molar-refractivity contribution in [1.29, 1.82) is 0 Å². The predicted molar refractivity (Wildman–Crippen MR) is 126 cm³/mol. The summed E-state index contributed by atoms with van der Waals surface area (Å²) < 4.78 is 19.3. The molecule has 3 N–H and O–H groups in total. The maximum Gasteiger partial charge on any atom is 0.407 e. The molecule has 1 unspecified atom stereocenters. The van der Waals surface area contributed by atoms with Gasteiger partial charge in [-0.2, -0.15) is 0 Å². The summed E-state index contributed by atoms with van der Waals surface area (Å²) in [7, 11) is 0. The standard InChI is InChI=1S/C27H23FN2O4/c1-15-23(28)11-10-16-12-17(29-25(15)16)13-24(26(31)32)30-27(33)34-14-22-20-8-4-2-6-18(20)19-7-3-5-9-21(19)22/h2-12,22,24,29H,13-14H2,1H3,(H,30,33)(H,31,32). The van der Waals surface area contributed by atoms with Gasteiger partial charge in [-0.25, -0.2) is 14.0 Å². The molecule has 1 aliphatic rings. The first-order valence-corrected chi connectivity index (χ1v) is 11.0. The molecule has 0 radical (unpaired) electrons. The smallest absolute Gasteiger partial charge is 0.407 e. The van der Waals surface area contributed by atoms with Crippen LogP contribution in [-0.4, -0.2) is 34.8 Å². The molecule has 1 aromatic heterocycles. The quantitative estimate of drug-likeness (QED) is 0.373. The summed E-state index contributed by atoms with van der Waals surface area (Å²) in [6, 6.07) is 19.5. The van der Waals surface area contributed by atoms with Crippen molar-refractivity contribution in [1.82, 2.24) is 10.3 Å². The Balaban J connectivity index is 1.28. The van der Waals surface area contributed by atoms with Gasteiger partial charge in [0.05, 0.1) is 5.52 Å². The third-order valence-corrected chi connectivity index (χ3v) is 6.40. The van der Waals surface area contributed by atoms with Crippen LogP contribution in [0.2, 0.25) is 0 Å². The van der Waals surface area contributed by atoms with Gasteiger partial charge in [-0.1, -0.05) is 48.5 Å². The summed E-state index contributed by atoms with van der Waals surface area (Å²) in [5.74, 6) is -1.64. The van der Waals surface area contributed by atoms with E-state index in [1.165, 1.54) is 6.07 Å². The normalized spacial score (nSPS) is 13.4. The second-order valence-corrected chi connectivity index (χ2v) is 8.50. The average molecular weight is 458 g/mol. The number of carbonyl (C=O) groups excluding carboxylic acids is 1. The Labute approximate surface area is 195 Å². The lowest BCUT2D eigenvalue weighted by molar-refractivity contribution is -0.139. The number of ether oxygens (including phenoxy) is 1. The van der Waals surface area contributed by atoms with Gasteiger partial charge in [0.1, 0.15) is 18.5 Å². The number of halogens is 1. The van der Waals surface area contributed by atoms with Crippen molar-refractivity contribution in [3.8, 4) is 11.1 Å². The van der Waals surface area contributed by atoms with Gasteiger partial charge in [-0.05, 0) is 47.4 Å². The Hall–Kier alpha value is -4.13. The lowest BCUT2D eigenvalue weighted by Gasteiger charge is -2.17. The SMILES string of the molecule is Cc1c(F)ccc2cc(CC(NC(=O)OCC3c4ccccc4-c4ccccc43)C(=O)O)[nH]c12. The summed E-state index contributed by atoms with van der Waals surface area (Å²) >= 11 is 0. The number of aromatic nitrogens is 1. The molecule has 5 rings (SSSR count). The topological polar surface area (TPSA) is 91.4 Å². The van der Waals surface area contributed by atoms with Crippen LogP contribution >= 0.6 is 0 Å². The number of nitrogens with one attached hydrogen (secondary N) is 2. The van der Waals surface area contributed by atoms with Crippen LogP contribution in [0.1, 0.15) is 28.3 Å². The Kier molecular flexibility index (Phi) is 5.53. The molecule has 34 heavy (non-hydrogen) atoms. The van der Waals surface area contributed by atoms with E-state index < -0.39 is 18.1 Å². The Bertz CT molecular complexity index is 1370. The number of amides is 1. The Morgan fingerprint density at radius 2 is 1.71 bits per heavy atom. The maximum atomic E-state index is 13.8. The molecule has 4 aromatic rings. The highest BCUT2D eigenvalue weighted by Gasteiger charge is 2.30. The van der Waals surface area contributed by atoms with Crippen LogP contribution in [0.4, 0.5) is 9.18 Å². The molecule has 1 atom stereocenters. The number of rotatable bonds is 6. The first-order valence-electron chi connectivity index (χ1n) is 11.0. The van der Waals surface area contributed by atoms with Gasteiger partial charge >= 0.3 is 12.1 Å². The predicted octanol–water partition coefficient (Wildman–Crippen LogP) is 5.15. The van der Waals surface area contributed by atoms with E-state index in [-0.39, 0.29) is 24.8 Å². The molecule has 3 aromatic carbocycles. The molecule has 0 spiro atoms. The molecule has 0 aliphatic heterocycles. The molecular weight excluding hydrogens is 435 g/mol. The lowest BCUT2D eigenvalue weighted by atomic mass is 9.98. The molecule has 0 saturated carbocycles. The molecule has 1 aliphatic carbocycles. The zero-order chi connectivity index (χ0) is 23.8. The Morgan fingerprint density at radius 3 is 2.35 bits per heavy atom. The summed E-state index contributed by atoms with van der Waals surface area (Å²) in [6.45, 7) is 1.75.